The van der Waals surface area contributed by atoms with E-state index in [1.807, 2.05) is 0 Å². The summed E-state index contributed by atoms with van der Waals surface area (Å²) in [5.41, 5.74) is 0.101. The fourth-order valence-corrected chi connectivity index (χ4v) is 2.97. The summed E-state index contributed by atoms with van der Waals surface area (Å²) in [6.07, 6.45) is -0.695. The Hall–Kier alpha value is -2.80. The van der Waals surface area contributed by atoms with Gasteiger partial charge in [0.15, 0.2) is 0 Å². The Bertz CT molecular complexity index is 814. The summed E-state index contributed by atoms with van der Waals surface area (Å²) in [4.78, 5) is 26.1. The van der Waals surface area contributed by atoms with Crippen LogP contribution in [0.25, 0.3) is 0 Å². The number of nitrogens with one attached hydrogen (secondary N) is 1. The SMILES string of the molecule is O=C(N[C@@H]1CCN(C(=O)c2ccccc2)C[C@H]1O)c1cc(F)ccc1F. The highest BCUT2D eigenvalue weighted by atomic mass is 19.1. The molecule has 0 aromatic heterocycles. The number of nitrogens with zero attached hydrogens (tertiary/aromatic N) is 1. The molecule has 0 radical (unpaired) electrons. The van der Waals surface area contributed by atoms with Gasteiger partial charge in [-0.2, -0.15) is 0 Å². The lowest BCUT2D eigenvalue weighted by Gasteiger charge is -2.36. The van der Waals surface area contributed by atoms with Crippen LogP contribution in [0, 0.1) is 11.6 Å². The Labute approximate surface area is 149 Å². The average molecular weight is 360 g/mol. The van der Waals surface area contributed by atoms with Crippen molar-refractivity contribution >= 4 is 11.8 Å². The predicted octanol–water partition coefficient (Wildman–Crippen LogP) is 1.97. The normalized spacial score (nSPS) is 19.9. The summed E-state index contributed by atoms with van der Waals surface area (Å²) >= 11 is 0. The molecule has 0 aliphatic carbocycles. The molecule has 26 heavy (non-hydrogen) atoms. The molecule has 2 aromatic rings. The number of hydrogen-bond acceptors (Lipinski definition) is 3. The zero-order valence-electron chi connectivity index (χ0n) is 13.9. The van der Waals surface area contributed by atoms with Gasteiger partial charge in [-0.1, -0.05) is 18.2 Å². The van der Waals surface area contributed by atoms with Crippen LogP contribution in [0.2, 0.25) is 0 Å². The second-order valence-corrected chi connectivity index (χ2v) is 6.18. The highest BCUT2D eigenvalue weighted by molar-refractivity contribution is 5.95. The van der Waals surface area contributed by atoms with Gasteiger partial charge in [0.05, 0.1) is 17.7 Å². The van der Waals surface area contributed by atoms with Gasteiger partial charge < -0.3 is 15.3 Å². The minimum Gasteiger partial charge on any atom is -0.389 e. The van der Waals surface area contributed by atoms with Gasteiger partial charge in [-0.3, -0.25) is 9.59 Å². The average Bonchev–Trinajstić information content (AvgIpc) is 2.65. The van der Waals surface area contributed by atoms with Crippen molar-refractivity contribution in [1.29, 1.82) is 0 Å². The fourth-order valence-electron chi connectivity index (χ4n) is 2.97. The van der Waals surface area contributed by atoms with E-state index in [1.165, 1.54) is 4.90 Å². The molecule has 1 aliphatic rings. The first-order chi connectivity index (χ1) is 12.5. The van der Waals surface area contributed by atoms with Crippen LogP contribution < -0.4 is 5.32 Å². The Morgan fingerprint density at radius 1 is 1.12 bits per heavy atom. The van der Waals surface area contributed by atoms with E-state index in [9.17, 15) is 23.5 Å². The van der Waals surface area contributed by atoms with Crippen molar-refractivity contribution in [3.05, 3.63) is 71.3 Å². The quantitative estimate of drug-likeness (QED) is 0.879. The van der Waals surface area contributed by atoms with E-state index in [2.05, 4.69) is 5.32 Å². The molecule has 7 heteroatoms. The van der Waals surface area contributed by atoms with Crippen molar-refractivity contribution in [2.24, 2.45) is 0 Å². The number of rotatable bonds is 3. The molecule has 5 nitrogen and oxygen atoms in total. The third-order valence-corrected chi connectivity index (χ3v) is 4.38. The second-order valence-electron chi connectivity index (χ2n) is 6.18. The first kappa shape index (κ1) is 18.0. The molecule has 1 heterocycles. The van der Waals surface area contributed by atoms with Gasteiger partial charge in [0, 0.05) is 18.7 Å². The van der Waals surface area contributed by atoms with Crippen molar-refractivity contribution < 1.29 is 23.5 Å². The van der Waals surface area contributed by atoms with Crippen LogP contribution >= 0.6 is 0 Å². The van der Waals surface area contributed by atoms with Crippen LogP contribution in [0.15, 0.2) is 48.5 Å². The molecule has 0 bridgehead atoms. The van der Waals surface area contributed by atoms with E-state index < -0.39 is 35.3 Å². The molecular formula is C19H18F2N2O3. The van der Waals surface area contributed by atoms with Crippen molar-refractivity contribution in [1.82, 2.24) is 10.2 Å². The van der Waals surface area contributed by atoms with Crippen molar-refractivity contribution in [3.63, 3.8) is 0 Å². The fraction of sp³-hybridized carbons (Fsp3) is 0.263. The number of β-amino-alcohol motifs (C(OH)–C–C–N with tert-alkyl or cyclic N) is 1. The number of halogens is 2. The first-order valence-electron chi connectivity index (χ1n) is 8.24. The maximum absolute atomic E-state index is 13.7. The highest BCUT2D eigenvalue weighted by Crippen LogP contribution is 2.16. The van der Waals surface area contributed by atoms with Gasteiger partial charge in [-0.05, 0) is 36.8 Å². The van der Waals surface area contributed by atoms with Crippen LogP contribution in [0.4, 0.5) is 8.78 Å². The minimum atomic E-state index is -1.00. The smallest absolute Gasteiger partial charge is 0.254 e. The van der Waals surface area contributed by atoms with E-state index >= 15 is 0 Å². The molecule has 0 unspecified atom stereocenters. The molecule has 3 rings (SSSR count). The van der Waals surface area contributed by atoms with Gasteiger partial charge in [0.2, 0.25) is 0 Å². The first-order valence-corrected chi connectivity index (χ1v) is 8.24. The van der Waals surface area contributed by atoms with Gasteiger partial charge in [-0.15, -0.1) is 0 Å². The molecule has 2 N–H and O–H groups in total. The monoisotopic (exact) mass is 360 g/mol. The number of carbonyl (C=O) groups is 2. The van der Waals surface area contributed by atoms with Gasteiger partial charge in [-0.25, -0.2) is 8.78 Å². The maximum atomic E-state index is 13.7. The molecule has 1 fully saturated rings. The van der Waals surface area contributed by atoms with Crippen molar-refractivity contribution in [2.45, 2.75) is 18.6 Å². The van der Waals surface area contributed by atoms with E-state index in [4.69, 9.17) is 0 Å². The predicted molar refractivity (Wildman–Crippen MR) is 90.6 cm³/mol. The number of hydrogen-bond donors (Lipinski definition) is 2. The highest BCUT2D eigenvalue weighted by Gasteiger charge is 2.32. The van der Waals surface area contributed by atoms with Gasteiger partial charge in [0.25, 0.3) is 11.8 Å². The summed E-state index contributed by atoms with van der Waals surface area (Å²) in [7, 11) is 0. The lowest BCUT2D eigenvalue weighted by atomic mass is 10.00. The minimum absolute atomic E-state index is 0.0459. The number of aliphatic hydroxyl groups excluding tert-OH is 1. The Balaban J connectivity index is 1.63. The molecule has 2 aromatic carbocycles. The van der Waals surface area contributed by atoms with Crippen LogP contribution in [0.3, 0.4) is 0 Å². The zero-order chi connectivity index (χ0) is 18.7. The number of aliphatic hydroxyl groups is 1. The van der Waals surface area contributed by atoms with Gasteiger partial charge in [0.1, 0.15) is 11.6 Å². The van der Waals surface area contributed by atoms with E-state index in [0.717, 1.165) is 18.2 Å². The van der Waals surface area contributed by atoms with Crippen LogP contribution in [0.5, 0.6) is 0 Å². The Morgan fingerprint density at radius 2 is 1.85 bits per heavy atom. The van der Waals surface area contributed by atoms with Crippen molar-refractivity contribution in [2.75, 3.05) is 13.1 Å². The molecular weight excluding hydrogens is 342 g/mol. The summed E-state index contributed by atoms with van der Waals surface area (Å²) in [5, 5.41) is 12.8. The summed E-state index contributed by atoms with van der Waals surface area (Å²) in [5.74, 6) is -2.56. The van der Waals surface area contributed by atoms with Crippen LogP contribution in [0.1, 0.15) is 27.1 Å². The second kappa shape index (κ2) is 7.61. The maximum Gasteiger partial charge on any atom is 0.254 e. The summed E-state index contributed by atoms with van der Waals surface area (Å²) in [6, 6.07) is 10.7. The van der Waals surface area contributed by atoms with Crippen molar-refractivity contribution in [3.8, 4) is 0 Å². The molecule has 2 atom stereocenters. The molecule has 0 saturated carbocycles. The number of amides is 2. The molecule has 2 amide bonds. The number of piperidine rings is 1. The topological polar surface area (TPSA) is 69.6 Å². The van der Waals surface area contributed by atoms with Gasteiger partial charge >= 0.3 is 0 Å². The summed E-state index contributed by atoms with van der Waals surface area (Å²) in [6.45, 7) is 0.381. The number of benzene rings is 2. The van der Waals surface area contributed by atoms with E-state index in [0.29, 0.717) is 18.5 Å². The Morgan fingerprint density at radius 3 is 2.54 bits per heavy atom. The van der Waals surface area contributed by atoms with Crippen LogP contribution in [-0.4, -0.2) is 47.1 Å². The summed E-state index contributed by atoms with van der Waals surface area (Å²) < 4.78 is 26.9. The lowest BCUT2D eigenvalue weighted by Crippen LogP contribution is -2.55. The third kappa shape index (κ3) is 3.88. The molecule has 0 spiro atoms. The third-order valence-electron chi connectivity index (χ3n) is 4.38. The Kier molecular flexibility index (Phi) is 5.27. The zero-order valence-corrected chi connectivity index (χ0v) is 13.9. The lowest BCUT2D eigenvalue weighted by molar-refractivity contribution is 0.0314. The molecule has 1 aliphatic heterocycles. The van der Waals surface area contributed by atoms with E-state index in [1.54, 1.807) is 30.3 Å². The van der Waals surface area contributed by atoms with Crippen LogP contribution in [-0.2, 0) is 0 Å². The number of likely N-dealkylation sites (tertiary alicyclic amines) is 1. The largest absolute Gasteiger partial charge is 0.389 e. The van der Waals surface area contributed by atoms with E-state index in [-0.39, 0.29) is 12.5 Å². The molecule has 136 valence electrons. The number of carbonyl (C=O) groups excluding carboxylic acids is 2. The molecule has 1 saturated heterocycles. The standard InChI is InChI=1S/C19H18F2N2O3/c20-13-6-7-15(21)14(10-13)18(25)22-16-8-9-23(11-17(16)24)19(26)12-4-2-1-3-5-12/h1-7,10,16-17,24H,8-9,11H2,(H,22,25)/t16-,17-/m1/s1.